The summed E-state index contributed by atoms with van der Waals surface area (Å²) in [7, 11) is -3.51. The topological polar surface area (TPSA) is 74.0 Å². The van der Waals surface area contributed by atoms with Crippen molar-refractivity contribution in [3.05, 3.63) is 40.3 Å². The molecule has 2 aromatic rings. The third-order valence-corrected chi connectivity index (χ3v) is 5.60. The van der Waals surface area contributed by atoms with Gasteiger partial charge in [-0.2, -0.15) is 0 Å². The first-order chi connectivity index (χ1) is 9.88. The molecule has 21 heavy (non-hydrogen) atoms. The van der Waals surface area contributed by atoms with Crippen molar-refractivity contribution in [1.82, 2.24) is 15.0 Å². The Balaban J connectivity index is 2.05. The average molecular weight is 327 g/mol. The zero-order chi connectivity index (χ0) is 15.5. The number of hydrogen-bond acceptors (Lipinski definition) is 4. The first-order valence-corrected chi connectivity index (χ1v) is 9.21. The van der Waals surface area contributed by atoms with E-state index >= 15 is 0 Å². The number of aromatic nitrogens is 1. The number of aromatic amines is 1. The highest BCUT2D eigenvalue weighted by Crippen LogP contribution is 2.21. The fourth-order valence-corrected chi connectivity index (χ4v) is 3.94. The maximum absolute atomic E-state index is 12.3. The second-order valence-corrected chi connectivity index (χ2v) is 7.95. The van der Waals surface area contributed by atoms with Crippen LogP contribution in [0.25, 0.3) is 0 Å². The van der Waals surface area contributed by atoms with Crippen LogP contribution in [0.3, 0.4) is 0 Å². The van der Waals surface area contributed by atoms with E-state index in [0.29, 0.717) is 12.6 Å². The van der Waals surface area contributed by atoms with Crippen molar-refractivity contribution in [2.45, 2.75) is 44.3 Å². The minimum atomic E-state index is -3.51. The molecule has 2 heterocycles. The zero-order valence-corrected chi connectivity index (χ0v) is 14.0. The number of sulfonamides is 1. The summed E-state index contributed by atoms with van der Waals surface area (Å²) in [5.41, 5.74) is 0.854. The summed E-state index contributed by atoms with van der Waals surface area (Å²) < 4.78 is 27.4. The van der Waals surface area contributed by atoms with Crippen molar-refractivity contribution < 1.29 is 8.42 Å². The summed E-state index contributed by atoms with van der Waals surface area (Å²) in [5, 5.41) is 5.18. The van der Waals surface area contributed by atoms with Gasteiger partial charge in [0.15, 0.2) is 0 Å². The SMILES string of the molecule is CC(C)NCc1cc(S(=O)(=O)NC(C)c2cccs2)c[nH]1. The Labute approximate surface area is 129 Å². The molecule has 0 aliphatic heterocycles. The van der Waals surface area contributed by atoms with E-state index in [2.05, 4.69) is 15.0 Å². The molecule has 1 unspecified atom stereocenters. The van der Waals surface area contributed by atoms with Crippen LogP contribution in [0.5, 0.6) is 0 Å². The Hall–Kier alpha value is -1.15. The molecule has 0 amide bonds. The summed E-state index contributed by atoms with van der Waals surface area (Å²) in [6.07, 6.45) is 1.53. The summed E-state index contributed by atoms with van der Waals surface area (Å²) in [4.78, 5) is 4.26. The lowest BCUT2D eigenvalue weighted by Gasteiger charge is -2.11. The van der Waals surface area contributed by atoms with E-state index in [1.54, 1.807) is 6.07 Å². The molecule has 0 aliphatic carbocycles. The molecule has 116 valence electrons. The third-order valence-electron chi connectivity index (χ3n) is 3.03. The van der Waals surface area contributed by atoms with E-state index in [4.69, 9.17) is 0 Å². The normalized spacial score (nSPS) is 13.7. The highest BCUT2D eigenvalue weighted by atomic mass is 32.2. The van der Waals surface area contributed by atoms with Gasteiger partial charge in [0.1, 0.15) is 0 Å². The number of thiophene rings is 1. The molecular formula is C14H21N3O2S2. The Kier molecular flexibility index (Phi) is 5.21. The van der Waals surface area contributed by atoms with Gasteiger partial charge in [-0.15, -0.1) is 11.3 Å². The smallest absolute Gasteiger partial charge is 0.242 e. The minimum Gasteiger partial charge on any atom is -0.363 e. The highest BCUT2D eigenvalue weighted by molar-refractivity contribution is 7.89. The molecular weight excluding hydrogens is 306 g/mol. The predicted molar refractivity (Wildman–Crippen MR) is 85.8 cm³/mol. The van der Waals surface area contributed by atoms with Gasteiger partial charge in [0.25, 0.3) is 0 Å². The van der Waals surface area contributed by atoms with Crippen molar-refractivity contribution in [2.75, 3.05) is 0 Å². The van der Waals surface area contributed by atoms with Gasteiger partial charge in [0.05, 0.1) is 10.9 Å². The highest BCUT2D eigenvalue weighted by Gasteiger charge is 2.20. The lowest BCUT2D eigenvalue weighted by Crippen LogP contribution is -2.26. The fraction of sp³-hybridized carbons (Fsp3) is 0.429. The molecule has 0 spiro atoms. The largest absolute Gasteiger partial charge is 0.363 e. The zero-order valence-electron chi connectivity index (χ0n) is 12.4. The maximum atomic E-state index is 12.3. The van der Waals surface area contributed by atoms with E-state index in [0.717, 1.165) is 10.6 Å². The molecule has 0 saturated carbocycles. The van der Waals surface area contributed by atoms with Gasteiger partial charge >= 0.3 is 0 Å². The molecule has 0 aromatic carbocycles. The summed E-state index contributed by atoms with van der Waals surface area (Å²) in [5.74, 6) is 0. The van der Waals surface area contributed by atoms with Crippen molar-refractivity contribution in [1.29, 1.82) is 0 Å². The van der Waals surface area contributed by atoms with Gasteiger partial charge in [0, 0.05) is 29.4 Å². The van der Waals surface area contributed by atoms with Gasteiger partial charge in [-0.25, -0.2) is 13.1 Å². The first kappa shape index (κ1) is 16.2. The van der Waals surface area contributed by atoms with Crippen LogP contribution in [-0.4, -0.2) is 19.4 Å². The molecule has 3 N–H and O–H groups in total. The van der Waals surface area contributed by atoms with Crippen LogP contribution in [-0.2, 0) is 16.6 Å². The van der Waals surface area contributed by atoms with E-state index in [1.807, 2.05) is 38.3 Å². The minimum absolute atomic E-state index is 0.234. The third kappa shape index (κ3) is 4.41. The molecule has 1 atom stereocenters. The number of hydrogen-bond donors (Lipinski definition) is 3. The lowest BCUT2D eigenvalue weighted by atomic mass is 10.3. The monoisotopic (exact) mass is 327 g/mol. The quantitative estimate of drug-likeness (QED) is 0.732. The van der Waals surface area contributed by atoms with Gasteiger partial charge in [-0.05, 0) is 24.4 Å². The Morgan fingerprint density at radius 3 is 2.71 bits per heavy atom. The molecule has 7 heteroatoms. The molecule has 2 rings (SSSR count). The Morgan fingerprint density at radius 1 is 1.33 bits per heavy atom. The van der Waals surface area contributed by atoms with Crippen LogP contribution < -0.4 is 10.0 Å². The molecule has 5 nitrogen and oxygen atoms in total. The summed E-state index contributed by atoms with van der Waals surface area (Å²) in [6.45, 7) is 6.56. The molecule has 0 radical (unpaired) electrons. The van der Waals surface area contributed by atoms with Gasteiger partial charge in [0.2, 0.25) is 10.0 Å². The van der Waals surface area contributed by atoms with E-state index in [9.17, 15) is 8.42 Å². The summed E-state index contributed by atoms with van der Waals surface area (Å²) in [6, 6.07) is 5.62. The van der Waals surface area contributed by atoms with Crippen molar-refractivity contribution >= 4 is 21.4 Å². The van der Waals surface area contributed by atoms with Crippen LogP contribution in [0.2, 0.25) is 0 Å². The molecule has 0 fully saturated rings. The van der Waals surface area contributed by atoms with Gasteiger partial charge < -0.3 is 10.3 Å². The second-order valence-electron chi connectivity index (χ2n) is 5.25. The fourth-order valence-electron chi connectivity index (χ4n) is 1.89. The molecule has 0 bridgehead atoms. The van der Waals surface area contributed by atoms with Crippen LogP contribution >= 0.6 is 11.3 Å². The number of rotatable bonds is 7. The van der Waals surface area contributed by atoms with Gasteiger partial charge in [-0.1, -0.05) is 19.9 Å². The van der Waals surface area contributed by atoms with E-state index in [1.165, 1.54) is 17.5 Å². The summed E-state index contributed by atoms with van der Waals surface area (Å²) >= 11 is 1.54. The number of nitrogens with one attached hydrogen (secondary N) is 3. The molecule has 0 saturated heterocycles. The van der Waals surface area contributed by atoms with Crippen molar-refractivity contribution in [3.63, 3.8) is 0 Å². The Bertz CT molecular complexity index is 660. The first-order valence-electron chi connectivity index (χ1n) is 6.85. The predicted octanol–water partition coefficient (Wildman–Crippen LogP) is 2.61. The van der Waals surface area contributed by atoms with Crippen LogP contribution in [0.4, 0.5) is 0 Å². The molecule has 2 aromatic heterocycles. The second kappa shape index (κ2) is 6.74. The van der Waals surface area contributed by atoms with E-state index < -0.39 is 10.0 Å². The average Bonchev–Trinajstić information content (AvgIpc) is 3.07. The van der Waals surface area contributed by atoms with Crippen molar-refractivity contribution in [2.24, 2.45) is 0 Å². The maximum Gasteiger partial charge on any atom is 0.242 e. The lowest BCUT2D eigenvalue weighted by molar-refractivity contribution is 0.568. The standard InChI is InChI=1S/C14H21N3O2S2/c1-10(2)15-8-12-7-13(9-16-12)21(18,19)17-11(3)14-5-4-6-20-14/h4-7,9-11,15-17H,8H2,1-3H3. The van der Waals surface area contributed by atoms with Crippen LogP contribution in [0.1, 0.15) is 37.4 Å². The van der Waals surface area contributed by atoms with Crippen LogP contribution in [0.15, 0.2) is 34.7 Å². The van der Waals surface area contributed by atoms with E-state index in [-0.39, 0.29) is 10.9 Å². The van der Waals surface area contributed by atoms with Gasteiger partial charge in [-0.3, -0.25) is 0 Å². The Morgan fingerprint density at radius 2 is 2.10 bits per heavy atom. The van der Waals surface area contributed by atoms with Crippen molar-refractivity contribution in [3.8, 4) is 0 Å². The van der Waals surface area contributed by atoms with Crippen LogP contribution in [0, 0.1) is 0 Å². The molecule has 0 aliphatic rings. The number of H-pyrrole nitrogens is 1.